The van der Waals surface area contributed by atoms with Gasteiger partial charge in [-0.2, -0.15) is 0 Å². The molecule has 1 atom stereocenters. The molecule has 0 aromatic carbocycles. The third-order valence-electron chi connectivity index (χ3n) is 0.889. The summed E-state index contributed by atoms with van der Waals surface area (Å²) in [5, 5.41) is 8.88. The van der Waals surface area contributed by atoms with Gasteiger partial charge in [0.2, 0.25) is 0 Å². The maximum Gasteiger partial charge on any atom is 0.0870 e. The van der Waals surface area contributed by atoms with E-state index < -0.39 is 0 Å². The van der Waals surface area contributed by atoms with Crippen LogP contribution in [0.15, 0.2) is 0 Å². The van der Waals surface area contributed by atoms with Gasteiger partial charge in [0.15, 0.2) is 0 Å². The summed E-state index contributed by atoms with van der Waals surface area (Å²) in [7, 11) is 0. The highest BCUT2D eigenvalue weighted by atomic mass is 32.1. The van der Waals surface area contributed by atoms with E-state index >= 15 is 0 Å². The van der Waals surface area contributed by atoms with Crippen molar-refractivity contribution in [2.24, 2.45) is 0 Å². The molecule has 0 aliphatic rings. The van der Waals surface area contributed by atoms with Gasteiger partial charge in [0.25, 0.3) is 0 Å². The van der Waals surface area contributed by atoms with Gasteiger partial charge in [0.05, 0.1) is 12.7 Å². The highest BCUT2D eigenvalue weighted by molar-refractivity contribution is 7.75. The molecule has 2 nitrogen and oxygen atoms in total. The summed E-state index contributed by atoms with van der Waals surface area (Å²) in [6.07, 6.45) is 1.44. The molecule has 0 saturated carbocycles. The Hall–Kier alpha value is 0.270. The number of hydrogen-bond acceptors (Lipinski definition) is 3. The van der Waals surface area contributed by atoms with Gasteiger partial charge >= 0.3 is 0 Å². The van der Waals surface area contributed by atoms with Crippen molar-refractivity contribution in [2.75, 3.05) is 6.61 Å². The van der Waals surface area contributed by atoms with E-state index in [4.69, 9.17) is 5.11 Å². The van der Waals surface area contributed by atoms with Crippen LogP contribution in [-0.2, 0) is 4.18 Å². The summed E-state index contributed by atoms with van der Waals surface area (Å²) in [5.74, 6) is 0. The highest BCUT2D eigenvalue weighted by Crippen LogP contribution is 1.96. The topological polar surface area (TPSA) is 29.5 Å². The Bertz CT molecular complexity index is 44.9. The molecule has 0 rings (SSSR count). The van der Waals surface area contributed by atoms with Crippen molar-refractivity contribution in [1.29, 1.82) is 0 Å². The van der Waals surface area contributed by atoms with Crippen molar-refractivity contribution < 1.29 is 9.29 Å². The van der Waals surface area contributed by atoms with Crippen molar-refractivity contribution in [2.45, 2.75) is 39.7 Å². The molecule has 0 saturated heterocycles. The Morgan fingerprint density at radius 2 is 2.00 bits per heavy atom. The first-order valence-corrected chi connectivity index (χ1v) is 4.12. The summed E-state index contributed by atoms with van der Waals surface area (Å²) in [4.78, 5) is 0. The molecule has 0 aromatic rings. The molecular weight excluding hydrogens is 148 g/mol. The van der Waals surface area contributed by atoms with Gasteiger partial charge in [-0.25, -0.2) is 0 Å². The number of aliphatic hydroxyl groups excluding tert-OH is 1. The van der Waals surface area contributed by atoms with Crippen LogP contribution in [0, 0.1) is 0 Å². The minimum atomic E-state index is -0.336. The SMILES string of the molecule is CC.CCCC(O)COS. The molecule has 64 valence electrons. The van der Waals surface area contributed by atoms with Gasteiger partial charge in [-0.05, 0) is 19.3 Å². The maximum atomic E-state index is 8.88. The van der Waals surface area contributed by atoms with Crippen LogP contribution >= 0.6 is 12.9 Å². The summed E-state index contributed by atoms with van der Waals surface area (Å²) >= 11 is 3.49. The van der Waals surface area contributed by atoms with Crippen LogP contribution in [0.1, 0.15) is 33.6 Å². The Kier molecular flexibility index (Phi) is 15.5. The van der Waals surface area contributed by atoms with Gasteiger partial charge < -0.3 is 9.29 Å². The molecule has 1 N–H and O–H groups in total. The minimum absolute atomic E-state index is 0.330. The van der Waals surface area contributed by atoms with E-state index in [-0.39, 0.29) is 6.10 Å². The zero-order valence-electron chi connectivity index (χ0n) is 7.00. The van der Waals surface area contributed by atoms with Crippen LogP contribution in [0.25, 0.3) is 0 Å². The molecule has 0 aliphatic carbocycles. The second-order valence-electron chi connectivity index (χ2n) is 1.74. The molecule has 3 heteroatoms. The number of aliphatic hydroxyl groups is 1. The molecule has 0 bridgehead atoms. The normalized spacial score (nSPS) is 11.7. The first kappa shape index (κ1) is 12.9. The van der Waals surface area contributed by atoms with Crippen molar-refractivity contribution in [3.05, 3.63) is 0 Å². The monoisotopic (exact) mass is 166 g/mol. The second-order valence-corrected chi connectivity index (χ2v) is 2.00. The predicted molar refractivity (Wildman–Crippen MR) is 47.2 cm³/mol. The molecule has 10 heavy (non-hydrogen) atoms. The van der Waals surface area contributed by atoms with Crippen LogP contribution in [0.3, 0.4) is 0 Å². The lowest BCUT2D eigenvalue weighted by Gasteiger charge is -2.04. The predicted octanol–water partition coefficient (Wildman–Crippen LogP) is 2.04. The number of thiol groups is 1. The summed E-state index contributed by atoms with van der Waals surface area (Å²) in [6.45, 7) is 6.35. The fourth-order valence-corrected chi connectivity index (χ4v) is 0.675. The fourth-order valence-electron chi connectivity index (χ4n) is 0.503. The van der Waals surface area contributed by atoms with Crippen LogP contribution in [-0.4, -0.2) is 17.8 Å². The third-order valence-corrected chi connectivity index (χ3v) is 1.04. The second kappa shape index (κ2) is 12.0. The Balaban J connectivity index is 0. The van der Waals surface area contributed by atoms with E-state index in [2.05, 4.69) is 17.1 Å². The summed E-state index contributed by atoms with van der Waals surface area (Å²) in [5.41, 5.74) is 0. The first-order chi connectivity index (χ1) is 4.81. The fraction of sp³-hybridized carbons (Fsp3) is 1.00. The van der Waals surface area contributed by atoms with E-state index in [1.54, 1.807) is 0 Å². The quantitative estimate of drug-likeness (QED) is 0.494. The van der Waals surface area contributed by atoms with Gasteiger partial charge in [0.1, 0.15) is 0 Å². The standard InChI is InChI=1S/C5H12O2S.C2H6/c1-2-3-5(6)4-7-8;1-2/h5-6,8H,2-4H2,1H3;1-2H3. The molecule has 0 radical (unpaired) electrons. The zero-order valence-corrected chi connectivity index (χ0v) is 7.90. The van der Waals surface area contributed by atoms with Crippen LogP contribution in [0.5, 0.6) is 0 Å². The van der Waals surface area contributed by atoms with Gasteiger partial charge in [-0.3, -0.25) is 0 Å². The zero-order chi connectivity index (χ0) is 8.41. The first-order valence-electron chi connectivity index (χ1n) is 3.75. The average Bonchev–Trinajstić information content (AvgIpc) is 1.93. The van der Waals surface area contributed by atoms with E-state index in [1.807, 2.05) is 20.8 Å². The van der Waals surface area contributed by atoms with E-state index in [1.165, 1.54) is 0 Å². The van der Waals surface area contributed by atoms with Crippen molar-refractivity contribution >= 4 is 12.9 Å². The molecule has 0 aromatic heterocycles. The Morgan fingerprint density at radius 1 is 1.50 bits per heavy atom. The van der Waals surface area contributed by atoms with E-state index in [9.17, 15) is 0 Å². The van der Waals surface area contributed by atoms with Crippen molar-refractivity contribution in [3.8, 4) is 0 Å². The maximum absolute atomic E-state index is 8.88. The van der Waals surface area contributed by atoms with Gasteiger partial charge in [-0.1, -0.05) is 27.2 Å². The minimum Gasteiger partial charge on any atom is -0.391 e. The molecule has 1 unspecified atom stereocenters. The Labute approximate surface area is 69.2 Å². The molecule has 0 heterocycles. The van der Waals surface area contributed by atoms with E-state index in [0.29, 0.717) is 6.61 Å². The largest absolute Gasteiger partial charge is 0.391 e. The average molecular weight is 166 g/mol. The van der Waals surface area contributed by atoms with E-state index in [0.717, 1.165) is 12.8 Å². The number of rotatable bonds is 4. The lowest BCUT2D eigenvalue weighted by atomic mass is 10.2. The smallest absolute Gasteiger partial charge is 0.0870 e. The van der Waals surface area contributed by atoms with Gasteiger partial charge in [-0.15, -0.1) is 0 Å². The molecular formula is C7H18O2S. The lowest BCUT2D eigenvalue weighted by Crippen LogP contribution is -2.11. The van der Waals surface area contributed by atoms with Crippen LogP contribution in [0.2, 0.25) is 0 Å². The lowest BCUT2D eigenvalue weighted by molar-refractivity contribution is 0.111. The molecule has 0 aliphatic heterocycles. The molecule has 0 amide bonds. The summed E-state index contributed by atoms with van der Waals surface area (Å²) in [6, 6.07) is 0. The third kappa shape index (κ3) is 11.1. The molecule has 0 spiro atoms. The summed E-state index contributed by atoms with van der Waals surface area (Å²) < 4.78 is 4.40. The number of hydrogen-bond donors (Lipinski definition) is 2. The van der Waals surface area contributed by atoms with Crippen LogP contribution < -0.4 is 0 Å². The van der Waals surface area contributed by atoms with Crippen LogP contribution in [0.4, 0.5) is 0 Å². The van der Waals surface area contributed by atoms with Crippen molar-refractivity contribution in [3.63, 3.8) is 0 Å². The highest BCUT2D eigenvalue weighted by Gasteiger charge is 1.99. The van der Waals surface area contributed by atoms with Gasteiger partial charge in [0, 0.05) is 0 Å². The Morgan fingerprint density at radius 3 is 2.30 bits per heavy atom. The van der Waals surface area contributed by atoms with Crippen molar-refractivity contribution in [1.82, 2.24) is 0 Å². The molecule has 0 fully saturated rings.